The van der Waals surface area contributed by atoms with E-state index in [1.54, 1.807) is 12.1 Å². The molecule has 1 aromatic carbocycles. The smallest absolute Gasteiger partial charge is 0.335 e. The van der Waals surface area contributed by atoms with Crippen molar-refractivity contribution in [3.05, 3.63) is 35.4 Å². The topological polar surface area (TPSA) is 72.9 Å². The van der Waals surface area contributed by atoms with Crippen molar-refractivity contribution in [3.63, 3.8) is 0 Å². The van der Waals surface area contributed by atoms with Gasteiger partial charge in [0.05, 0.1) is 5.56 Å². The summed E-state index contributed by atoms with van der Waals surface area (Å²) in [5.41, 5.74) is 0.607. The number of carboxylic acid groups (broad SMARTS) is 1. The molecule has 1 aliphatic carbocycles. The zero-order valence-electron chi connectivity index (χ0n) is 14.8. The van der Waals surface area contributed by atoms with Gasteiger partial charge in [0.2, 0.25) is 0 Å². The van der Waals surface area contributed by atoms with Crippen molar-refractivity contribution in [2.75, 3.05) is 39.8 Å². The number of aromatic carboxylic acids is 1. The predicted octanol–water partition coefficient (Wildman–Crippen LogP) is 1.67. The monoisotopic (exact) mass is 345 g/mol. The van der Waals surface area contributed by atoms with Gasteiger partial charge in [-0.05, 0) is 38.1 Å². The number of piperazine rings is 1. The number of amides is 1. The molecule has 1 heterocycles. The van der Waals surface area contributed by atoms with Crippen LogP contribution in [0, 0.1) is 0 Å². The SMILES string of the molecule is CN1CCN(C2(CNC(=O)c3cccc(C(=O)O)c3)CCCC2)CC1. The highest BCUT2D eigenvalue weighted by Crippen LogP contribution is 2.35. The first kappa shape index (κ1) is 17.9. The lowest BCUT2D eigenvalue weighted by Crippen LogP contribution is -2.59. The second kappa shape index (κ2) is 7.54. The van der Waals surface area contributed by atoms with E-state index in [1.807, 2.05) is 0 Å². The molecule has 0 bridgehead atoms. The summed E-state index contributed by atoms with van der Waals surface area (Å²) >= 11 is 0. The Morgan fingerprint density at radius 2 is 1.76 bits per heavy atom. The molecule has 1 saturated carbocycles. The lowest BCUT2D eigenvalue weighted by molar-refractivity contribution is 0.0414. The molecule has 0 unspecified atom stereocenters. The second-order valence-corrected chi connectivity index (χ2v) is 7.29. The number of hydrogen-bond acceptors (Lipinski definition) is 4. The lowest BCUT2D eigenvalue weighted by Gasteiger charge is -2.45. The minimum absolute atomic E-state index is 0.0569. The van der Waals surface area contributed by atoms with E-state index in [0.29, 0.717) is 12.1 Å². The summed E-state index contributed by atoms with van der Waals surface area (Å²) in [5, 5.41) is 12.2. The van der Waals surface area contributed by atoms with E-state index >= 15 is 0 Å². The molecule has 6 heteroatoms. The number of hydrogen-bond donors (Lipinski definition) is 2. The van der Waals surface area contributed by atoms with Gasteiger partial charge in [-0.25, -0.2) is 4.79 Å². The quantitative estimate of drug-likeness (QED) is 0.849. The maximum Gasteiger partial charge on any atom is 0.335 e. The van der Waals surface area contributed by atoms with Crippen LogP contribution < -0.4 is 5.32 Å². The summed E-state index contributed by atoms with van der Waals surface area (Å²) in [6.45, 7) is 4.85. The Kier molecular flexibility index (Phi) is 5.39. The van der Waals surface area contributed by atoms with E-state index in [4.69, 9.17) is 5.11 Å². The lowest BCUT2D eigenvalue weighted by atomic mass is 9.93. The van der Waals surface area contributed by atoms with Crippen LogP contribution >= 0.6 is 0 Å². The van der Waals surface area contributed by atoms with Gasteiger partial charge in [0.25, 0.3) is 5.91 Å². The maximum absolute atomic E-state index is 12.5. The Bertz CT molecular complexity index is 633. The molecule has 1 amide bonds. The molecule has 2 aliphatic rings. The minimum Gasteiger partial charge on any atom is -0.478 e. The molecule has 1 aliphatic heterocycles. The van der Waals surface area contributed by atoms with Crippen LogP contribution in [0.5, 0.6) is 0 Å². The molecule has 1 aromatic rings. The standard InChI is InChI=1S/C19H27N3O3/c1-21-9-11-22(12-10-21)19(7-2-3-8-19)14-20-17(23)15-5-4-6-16(13-15)18(24)25/h4-6,13H,2-3,7-12,14H2,1H3,(H,20,23)(H,24,25). The summed E-state index contributed by atoms with van der Waals surface area (Å²) < 4.78 is 0. The summed E-state index contributed by atoms with van der Waals surface area (Å²) in [5.74, 6) is -1.21. The van der Waals surface area contributed by atoms with E-state index in [-0.39, 0.29) is 17.0 Å². The predicted molar refractivity (Wildman–Crippen MR) is 96.0 cm³/mol. The van der Waals surface area contributed by atoms with Crippen molar-refractivity contribution >= 4 is 11.9 Å². The molecule has 25 heavy (non-hydrogen) atoms. The maximum atomic E-state index is 12.5. The summed E-state index contributed by atoms with van der Waals surface area (Å²) in [6.07, 6.45) is 4.64. The second-order valence-electron chi connectivity index (χ2n) is 7.29. The van der Waals surface area contributed by atoms with Crippen molar-refractivity contribution in [1.82, 2.24) is 15.1 Å². The molecule has 136 valence electrons. The number of carbonyl (C=O) groups is 2. The first-order valence-corrected chi connectivity index (χ1v) is 9.05. The molecule has 0 atom stereocenters. The Morgan fingerprint density at radius 3 is 2.40 bits per heavy atom. The van der Waals surface area contributed by atoms with Crippen molar-refractivity contribution in [2.45, 2.75) is 31.2 Å². The third kappa shape index (κ3) is 4.02. The highest BCUT2D eigenvalue weighted by molar-refractivity contribution is 5.97. The van der Waals surface area contributed by atoms with Crippen LogP contribution in [-0.4, -0.2) is 72.1 Å². The molecule has 0 aromatic heterocycles. The molecular formula is C19H27N3O3. The van der Waals surface area contributed by atoms with E-state index in [2.05, 4.69) is 22.2 Å². The van der Waals surface area contributed by atoms with Crippen LogP contribution in [0.4, 0.5) is 0 Å². The molecule has 0 spiro atoms. The Balaban J connectivity index is 1.66. The van der Waals surface area contributed by atoms with Crippen LogP contribution in [0.3, 0.4) is 0 Å². The average molecular weight is 345 g/mol. The summed E-state index contributed by atoms with van der Waals surface area (Å²) in [4.78, 5) is 28.5. The van der Waals surface area contributed by atoms with Gasteiger partial charge >= 0.3 is 5.97 Å². The first-order valence-electron chi connectivity index (χ1n) is 9.05. The fourth-order valence-corrected chi connectivity index (χ4v) is 4.06. The Morgan fingerprint density at radius 1 is 1.12 bits per heavy atom. The number of nitrogens with zero attached hydrogens (tertiary/aromatic N) is 2. The average Bonchev–Trinajstić information content (AvgIpc) is 3.10. The highest BCUT2D eigenvalue weighted by atomic mass is 16.4. The van der Waals surface area contributed by atoms with Gasteiger partial charge < -0.3 is 15.3 Å². The number of nitrogens with one attached hydrogen (secondary N) is 1. The van der Waals surface area contributed by atoms with Crippen molar-refractivity contribution < 1.29 is 14.7 Å². The minimum atomic E-state index is -1.01. The fourth-order valence-electron chi connectivity index (χ4n) is 4.06. The van der Waals surface area contributed by atoms with Gasteiger partial charge in [0, 0.05) is 43.8 Å². The molecule has 0 radical (unpaired) electrons. The zero-order valence-corrected chi connectivity index (χ0v) is 14.8. The number of likely N-dealkylation sites (N-methyl/N-ethyl adjacent to an activating group) is 1. The summed E-state index contributed by atoms with van der Waals surface area (Å²) in [6, 6.07) is 6.22. The van der Waals surface area contributed by atoms with Gasteiger partial charge in [-0.15, -0.1) is 0 Å². The third-order valence-corrected chi connectivity index (χ3v) is 5.66. The number of benzene rings is 1. The summed E-state index contributed by atoms with van der Waals surface area (Å²) in [7, 11) is 2.15. The van der Waals surface area contributed by atoms with E-state index in [9.17, 15) is 9.59 Å². The number of carboxylic acids is 1. The molecule has 2 N–H and O–H groups in total. The first-order chi connectivity index (χ1) is 12.0. The Hall–Kier alpha value is -1.92. The zero-order chi connectivity index (χ0) is 17.9. The molecule has 3 rings (SSSR count). The highest BCUT2D eigenvalue weighted by Gasteiger charge is 2.40. The third-order valence-electron chi connectivity index (χ3n) is 5.66. The normalized spacial score (nSPS) is 21.2. The van der Waals surface area contributed by atoms with Gasteiger partial charge in [-0.1, -0.05) is 18.9 Å². The van der Waals surface area contributed by atoms with Crippen molar-refractivity contribution in [2.24, 2.45) is 0 Å². The van der Waals surface area contributed by atoms with Crippen LogP contribution in [-0.2, 0) is 0 Å². The van der Waals surface area contributed by atoms with Gasteiger partial charge in [0.15, 0.2) is 0 Å². The van der Waals surface area contributed by atoms with Gasteiger partial charge in [-0.2, -0.15) is 0 Å². The van der Waals surface area contributed by atoms with Crippen molar-refractivity contribution in [1.29, 1.82) is 0 Å². The fraction of sp³-hybridized carbons (Fsp3) is 0.579. The van der Waals surface area contributed by atoms with Crippen LogP contribution in [0.15, 0.2) is 24.3 Å². The molecule has 6 nitrogen and oxygen atoms in total. The number of carbonyl (C=O) groups excluding carboxylic acids is 1. The van der Waals surface area contributed by atoms with E-state index < -0.39 is 5.97 Å². The van der Waals surface area contributed by atoms with Crippen LogP contribution in [0.1, 0.15) is 46.4 Å². The van der Waals surface area contributed by atoms with E-state index in [1.165, 1.54) is 25.0 Å². The number of rotatable bonds is 5. The van der Waals surface area contributed by atoms with Gasteiger partial charge in [-0.3, -0.25) is 9.69 Å². The molecule has 1 saturated heterocycles. The van der Waals surface area contributed by atoms with E-state index in [0.717, 1.165) is 39.0 Å². The van der Waals surface area contributed by atoms with Crippen molar-refractivity contribution in [3.8, 4) is 0 Å². The van der Waals surface area contributed by atoms with Crippen LogP contribution in [0.25, 0.3) is 0 Å². The van der Waals surface area contributed by atoms with Gasteiger partial charge in [0.1, 0.15) is 0 Å². The van der Waals surface area contributed by atoms with Crippen LogP contribution in [0.2, 0.25) is 0 Å². The molecular weight excluding hydrogens is 318 g/mol. The Labute approximate surface area is 148 Å². The largest absolute Gasteiger partial charge is 0.478 e. The molecule has 2 fully saturated rings.